The average Bonchev–Trinajstić information content (AvgIpc) is 3.90. The third kappa shape index (κ3) is 4.21. The zero-order valence-corrected chi connectivity index (χ0v) is 29.5. The van der Waals surface area contributed by atoms with E-state index in [0.29, 0.717) is 17.6 Å². The molecule has 252 valence electrons. The number of fused-ring (bicyclic) bond motifs is 10. The molecule has 0 saturated carbocycles. The molecule has 0 amide bonds. The molecule has 0 atom stereocenters. The normalized spacial score (nSPS) is 12.4. The monoisotopic (exact) mass is 709 g/mol. The van der Waals surface area contributed by atoms with Gasteiger partial charge in [0.1, 0.15) is 16.8 Å². The molecule has 0 aliphatic carbocycles. The first-order valence-corrected chi connectivity index (χ1v) is 18.8. The summed E-state index contributed by atoms with van der Waals surface area (Å²) in [5.74, 6) is 1.76. The largest absolute Gasteiger partial charge is 0.455 e. The molecule has 54 heavy (non-hydrogen) atoms. The standard InChI is InChI=1S/C47H27N5OS/c1-2-13-28(14-3-1)44-48-45(30-16-10-15-29(27-30)31-19-11-20-33-32-17-5-8-24-38(32)53-43(31)33)50-47(49-44)52-36-22-6-4-18-34(36)41-35-21-12-26-40-42(35)51(46(41)52)37-23-7-9-25-39(37)54-40/h1-27H. The minimum absolute atomic E-state index is 0.561. The Hall–Kier alpha value is -6.96. The van der Waals surface area contributed by atoms with Crippen LogP contribution in [0.15, 0.2) is 178 Å². The van der Waals surface area contributed by atoms with Gasteiger partial charge in [0.2, 0.25) is 5.95 Å². The first kappa shape index (κ1) is 29.6. The summed E-state index contributed by atoms with van der Waals surface area (Å²) < 4.78 is 11.1. The van der Waals surface area contributed by atoms with Gasteiger partial charge in [-0.3, -0.25) is 9.13 Å². The Morgan fingerprint density at radius 2 is 1.15 bits per heavy atom. The van der Waals surface area contributed by atoms with Crippen LogP contribution in [0.3, 0.4) is 0 Å². The summed E-state index contributed by atoms with van der Waals surface area (Å²) in [7, 11) is 0. The molecule has 4 aromatic heterocycles. The maximum absolute atomic E-state index is 6.45. The lowest BCUT2D eigenvalue weighted by Gasteiger charge is -2.20. The van der Waals surface area contributed by atoms with E-state index in [-0.39, 0.29) is 0 Å². The van der Waals surface area contributed by atoms with Gasteiger partial charge in [0.25, 0.3) is 0 Å². The summed E-state index contributed by atoms with van der Waals surface area (Å²) in [6.07, 6.45) is 0. The molecule has 0 fully saturated rings. The zero-order chi connectivity index (χ0) is 35.3. The van der Waals surface area contributed by atoms with Crippen molar-refractivity contribution in [1.29, 1.82) is 0 Å². The molecule has 12 rings (SSSR count). The highest BCUT2D eigenvalue weighted by Gasteiger charge is 2.29. The van der Waals surface area contributed by atoms with Crippen LogP contribution in [0.25, 0.3) is 100 Å². The average molecular weight is 710 g/mol. The molecule has 11 aromatic rings. The lowest BCUT2D eigenvalue weighted by molar-refractivity contribution is 0.670. The first-order valence-electron chi connectivity index (χ1n) is 18.0. The van der Waals surface area contributed by atoms with Crippen molar-refractivity contribution in [3.63, 3.8) is 0 Å². The predicted molar refractivity (Wildman–Crippen MR) is 219 cm³/mol. The molecular formula is C47H27N5OS. The molecule has 0 N–H and O–H groups in total. The Bertz CT molecular complexity index is 3320. The van der Waals surface area contributed by atoms with Crippen LogP contribution in [-0.2, 0) is 0 Å². The van der Waals surface area contributed by atoms with Crippen molar-refractivity contribution in [2.75, 3.05) is 0 Å². The highest BCUT2D eigenvalue weighted by atomic mass is 32.2. The van der Waals surface area contributed by atoms with E-state index in [1.54, 1.807) is 0 Å². The summed E-state index contributed by atoms with van der Waals surface area (Å²) in [4.78, 5) is 18.2. The van der Waals surface area contributed by atoms with Gasteiger partial charge >= 0.3 is 0 Å². The van der Waals surface area contributed by atoms with Gasteiger partial charge in [-0.05, 0) is 42.0 Å². The van der Waals surface area contributed by atoms with Gasteiger partial charge in [0, 0.05) is 53.4 Å². The quantitative estimate of drug-likeness (QED) is 0.182. The van der Waals surface area contributed by atoms with Gasteiger partial charge in [-0.2, -0.15) is 9.97 Å². The molecule has 5 heterocycles. The minimum Gasteiger partial charge on any atom is -0.455 e. The van der Waals surface area contributed by atoms with Crippen LogP contribution in [0.1, 0.15) is 0 Å². The molecule has 0 bridgehead atoms. The Kier molecular flexibility index (Phi) is 6.18. The van der Waals surface area contributed by atoms with Crippen molar-refractivity contribution in [3.05, 3.63) is 164 Å². The van der Waals surface area contributed by atoms with Crippen LogP contribution < -0.4 is 0 Å². The summed E-state index contributed by atoms with van der Waals surface area (Å²) in [6, 6.07) is 57.0. The lowest BCUT2D eigenvalue weighted by Crippen LogP contribution is -2.10. The number of aromatic nitrogens is 5. The number of rotatable bonds is 4. The van der Waals surface area contributed by atoms with Gasteiger partial charge in [0.05, 0.1) is 16.7 Å². The molecular weight excluding hydrogens is 683 g/mol. The van der Waals surface area contributed by atoms with Gasteiger partial charge in [0.15, 0.2) is 11.6 Å². The molecule has 0 saturated heterocycles. The van der Waals surface area contributed by atoms with Crippen LogP contribution in [0.2, 0.25) is 0 Å². The fourth-order valence-corrected chi connectivity index (χ4v) is 9.33. The third-order valence-electron chi connectivity index (χ3n) is 10.6. The van der Waals surface area contributed by atoms with E-state index in [1.165, 1.54) is 26.1 Å². The maximum Gasteiger partial charge on any atom is 0.239 e. The molecule has 1 aliphatic heterocycles. The fourth-order valence-electron chi connectivity index (χ4n) is 8.24. The van der Waals surface area contributed by atoms with Crippen molar-refractivity contribution in [3.8, 4) is 45.5 Å². The summed E-state index contributed by atoms with van der Waals surface area (Å²) in [5, 5.41) is 5.75. The van der Waals surface area contributed by atoms with Gasteiger partial charge in [-0.25, -0.2) is 4.98 Å². The number of para-hydroxylation sites is 5. The van der Waals surface area contributed by atoms with Crippen molar-refractivity contribution < 1.29 is 4.42 Å². The second-order valence-electron chi connectivity index (χ2n) is 13.6. The molecule has 0 radical (unpaired) electrons. The molecule has 7 aromatic carbocycles. The SMILES string of the molecule is c1ccc(-c2nc(-c3cccc(-c4cccc5c4oc4ccccc45)c3)nc(-n3c4ccccc4c4c5cccc6c5n(c43)-c3ccccc3S6)n2)cc1. The number of nitrogens with zero attached hydrogens (tertiary/aromatic N) is 5. The summed E-state index contributed by atoms with van der Waals surface area (Å²) in [5.41, 5.74) is 10.0. The zero-order valence-electron chi connectivity index (χ0n) is 28.6. The van der Waals surface area contributed by atoms with E-state index >= 15 is 0 Å². The van der Waals surface area contributed by atoms with Crippen molar-refractivity contribution in [1.82, 2.24) is 24.1 Å². The number of benzene rings is 7. The van der Waals surface area contributed by atoms with Crippen molar-refractivity contribution >= 4 is 66.5 Å². The topological polar surface area (TPSA) is 61.7 Å². The molecule has 0 spiro atoms. The van der Waals surface area contributed by atoms with E-state index in [0.717, 1.165) is 66.4 Å². The van der Waals surface area contributed by atoms with E-state index in [1.807, 2.05) is 42.1 Å². The van der Waals surface area contributed by atoms with Crippen LogP contribution in [0.4, 0.5) is 0 Å². The summed E-state index contributed by atoms with van der Waals surface area (Å²) in [6.45, 7) is 0. The summed E-state index contributed by atoms with van der Waals surface area (Å²) >= 11 is 1.82. The minimum atomic E-state index is 0.561. The molecule has 1 aliphatic rings. The van der Waals surface area contributed by atoms with Crippen LogP contribution >= 0.6 is 11.8 Å². The highest BCUT2D eigenvalue weighted by Crippen LogP contribution is 2.49. The highest BCUT2D eigenvalue weighted by molar-refractivity contribution is 7.99. The Labute approximate surface area is 313 Å². The first-order chi connectivity index (χ1) is 26.8. The Balaban J connectivity index is 1.14. The van der Waals surface area contributed by atoms with E-state index in [2.05, 4.69) is 143 Å². The molecule has 0 unspecified atom stereocenters. The number of hydrogen-bond donors (Lipinski definition) is 0. The lowest BCUT2D eigenvalue weighted by atomic mass is 10.0. The second kappa shape index (κ2) is 11.3. The molecule has 6 nitrogen and oxygen atoms in total. The van der Waals surface area contributed by atoms with Crippen molar-refractivity contribution in [2.24, 2.45) is 0 Å². The molecule has 7 heteroatoms. The number of furan rings is 1. The van der Waals surface area contributed by atoms with Crippen LogP contribution in [0, 0.1) is 0 Å². The Morgan fingerprint density at radius 1 is 0.481 bits per heavy atom. The van der Waals surface area contributed by atoms with E-state index in [9.17, 15) is 0 Å². The smallest absolute Gasteiger partial charge is 0.239 e. The van der Waals surface area contributed by atoms with Gasteiger partial charge < -0.3 is 4.42 Å². The maximum atomic E-state index is 6.45. The van der Waals surface area contributed by atoms with Crippen molar-refractivity contribution in [2.45, 2.75) is 9.79 Å². The van der Waals surface area contributed by atoms with Crippen LogP contribution in [-0.4, -0.2) is 24.1 Å². The fraction of sp³-hybridized carbons (Fsp3) is 0. The third-order valence-corrected chi connectivity index (χ3v) is 11.7. The van der Waals surface area contributed by atoms with E-state index in [4.69, 9.17) is 19.4 Å². The number of hydrogen-bond acceptors (Lipinski definition) is 5. The van der Waals surface area contributed by atoms with Gasteiger partial charge in [-0.15, -0.1) is 0 Å². The van der Waals surface area contributed by atoms with Gasteiger partial charge in [-0.1, -0.05) is 139 Å². The second-order valence-corrected chi connectivity index (χ2v) is 14.7. The Morgan fingerprint density at radius 3 is 2.07 bits per heavy atom. The van der Waals surface area contributed by atoms with E-state index < -0.39 is 0 Å². The van der Waals surface area contributed by atoms with Crippen LogP contribution in [0.5, 0.6) is 0 Å². The predicted octanol–water partition coefficient (Wildman–Crippen LogP) is 12.3.